The van der Waals surface area contributed by atoms with Crippen molar-refractivity contribution in [3.63, 3.8) is 0 Å². The molecule has 3 rings (SSSR count). The molecular formula is C16H17F3N2O4S2. The van der Waals surface area contributed by atoms with Crippen molar-refractivity contribution < 1.29 is 31.5 Å². The fraction of sp³-hybridized carbons (Fsp3) is 0.312. The number of hydrogen-bond acceptors (Lipinski definition) is 4. The van der Waals surface area contributed by atoms with Gasteiger partial charge in [-0.3, -0.25) is 9.10 Å². The third kappa shape index (κ3) is 3.53. The number of benzene rings is 1. The molecular weight excluding hydrogens is 405 g/mol. The van der Waals surface area contributed by atoms with E-state index >= 15 is 0 Å². The number of carbonyl (C=O) groups is 1. The van der Waals surface area contributed by atoms with Crippen LogP contribution in [0.5, 0.6) is 0 Å². The van der Waals surface area contributed by atoms with Gasteiger partial charge in [-0.1, -0.05) is 29.3 Å². The number of nitrogens with zero attached hydrogens (tertiary/aromatic N) is 1. The summed E-state index contributed by atoms with van der Waals surface area (Å²) < 4.78 is 67.4. The Morgan fingerprint density at radius 3 is 2.63 bits per heavy atom. The van der Waals surface area contributed by atoms with Crippen molar-refractivity contribution in [3.8, 4) is 0 Å². The molecule has 1 amide bonds. The zero-order chi connectivity index (χ0) is 20.0. The van der Waals surface area contributed by atoms with E-state index < -0.39 is 49.2 Å². The van der Waals surface area contributed by atoms with Crippen molar-refractivity contribution in [2.45, 2.75) is 25.6 Å². The number of para-hydroxylation sites is 1. The number of anilines is 1. The van der Waals surface area contributed by atoms with Crippen molar-refractivity contribution in [2.75, 3.05) is 10.1 Å². The average molecular weight is 422 g/mol. The molecule has 0 radical (unpaired) electrons. The topological polar surface area (TPSA) is 86.7 Å². The van der Waals surface area contributed by atoms with Crippen molar-refractivity contribution in [3.05, 3.63) is 52.0 Å². The first kappa shape index (κ1) is 19.6. The molecule has 0 saturated heterocycles. The number of aliphatic hydroxyl groups excluding tert-OH is 1. The summed E-state index contributed by atoms with van der Waals surface area (Å²) >= 11 is -2.52. The molecule has 27 heavy (non-hydrogen) atoms. The second kappa shape index (κ2) is 6.79. The minimum Gasteiger partial charge on any atom is -0.502 e. The smallest absolute Gasteiger partial charge is 0.422 e. The monoisotopic (exact) mass is 422 g/mol. The Kier molecular flexibility index (Phi) is 4.93. The first-order chi connectivity index (χ1) is 12.6. The van der Waals surface area contributed by atoms with Crippen LogP contribution in [0.3, 0.4) is 0 Å². The number of carbonyl (C=O) groups excluding carboxylic acids is 1. The lowest BCUT2D eigenvalue weighted by molar-refractivity contribution is -0.120. The van der Waals surface area contributed by atoms with E-state index in [4.69, 9.17) is 0 Å². The molecule has 0 bridgehead atoms. The van der Waals surface area contributed by atoms with Crippen LogP contribution in [-0.4, -0.2) is 37.4 Å². The maximum absolute atomic E-state index is 13.1. The third-order valence-electron chi connectivity index (χ3n) is 4.27. The molecule has 0 aliphatic carbocycles. The average Bonchev–Trinajstić information content (AvgIpc) is 3.16. The molecule has 6 nitrogen and oxygen atoms in total. The zero-order valence-electron chi connectivity index (χ0n) is 14.1. The molecule has 1 aromatic carbocycles. The van der Waals surface area contributed by atoms with Gasteiger partial charge < -0.3 is 9.83 Å². The lowest BCUT2D eigenvalue weighted by atomic mass is 10.1. The molecule has 2 N–H and O–H groups in total. The molecule has 0 saturated carbocycles. The van der Waals surface area contributed by atoms with Gasteiger partial charge in [0.05, 0.1) is 16.3 Å². The fourth-order valence-electron chi connectivity index (χ4n) is 2.99. The molecule has 2 unspecified atom stereocenters. The minimum absolute atomic E-state index is 0.0416. The Hall–Kier alpha value is -2.14. The number of nitrogens with one attached hydrogen (secondary N) is 1. The third-order valence-corrected chi connectivity index (χ3v) is 7.98. The van der Waals surface area contributed by atoms with Gasteiger partial charge in [-0.2, -0.15) is 13.2 Å². The summed E-state index contributed by atoms with van der Waals surface area (Å²) in [6.45, 7) is 1.42. The van der Waals surface area contributed by atoms with Crippen LogP contribution in [0.25, 0.3) is 0 Å². The van der Waals surface area contributed by atoms with E-state index in [1.807, 2.05) is 0 Å². The molecule has 148 valence electrons. The molecule has 1 aromatic rings. The molecule has 2 atom stereocenters. The van der Waals surface area contributed by atoms with Crippen LogP contribution in [0.1, 0.15) is 12.5 Å². The summed E-state index contributed by atoms with van der Waals surface area (Å²) in [7, 11) is -3.83. The van der Waals surface area contributed by atoms with Gasteiger partial charge in [0.2, 0.25) is 10.0 Å². The number of amides is 1. The normalized spacial score (nSPS) is 23.6. The van der Waals surface area contributed by atoms with Gasteiger partial charge in [0.1, 0.15) is 6.04 Å². The van der Waals surface area contributed by atoms with E-state index in [-0.39, 0.29) is 12.2 Å². The summed E-state index contributed by atoms with van der Waals surface area (Å²) in [6, 6.07) is 5.32. The predicted molar refractivity (Wildman–Crippen MR) is 97.9 cm³/mol. The van der Waals surface area contributed by atoms with Crippen molar-refractivity contribution >= 4 is 32.7 Å². The maximum Gasteiger partial charge on any atom is 0.422 e. The van der Waals surface area contributed by atoms with Crippen LogP contribution in [0.4, 0.5) is 18.9 Å². The summed E-state index contributed by atoms with van der Waals surface area (Å²) in [4.78, 5) is 11.7. The van der Waals surface area contributed by atoms with E-state index in [2.05, 4.69) is 4.72 Å². The van der Waals surface area contributed by atoms with Crippen molar-refractivity contribution in [2.24, 2.45) is 0 Å². The molecule has 2 heterocycles. The largest absolute Gasteiger partial charge is 0.502 e. The fourth-order valence-corrected chi connectivity index (χ4v) is 5.85. The van der Waals surface area contributed by atoms with Gasteiger partial charge >= 0.3 is 6.18 Å². The molecule has 2 aliphatic heterocycles. The number of sulfonamides is 1. The molecule has 2 aliphatic rings. The SMILES string of the molecule is CCS(=O)(=O)N1c2ccccc2CC1C(=O)N[SH]1C(O)=CC=C1C(F)(F)F. The Morgan fingerprint density at radius 1 is 1.33 bits per heavy atom. The summed E-state index contributed by atoms with van der Waals surface area (Å²) in [6.07, 6.45) is -3.07. The van der Waals surface area contributed by atoms with E-state index in [1.165, 1.54) is 6.92 Å². The van der Waals surface area contributed by atoms with E-state index in [9.17, 15) is 31.5 Å². The zero-order valence-corrected chi connectivity index (χ0v) is 15.8. The second-order valence-electron chi connectivity index (χ2n) is 5.93. The number of aliphatic hydroxyl groups is 1. The Bertz CT molecular complexity index is 941. The quantitative estimate of drug-likeness (QED) is 0.651. The highest BCUT2D eigenvalue weighted by molar-refractivity contribution is 8.22. The van der Waals surface area contributed by atoms with Crippen LogP contribution >= 0.6 is 11.1 Å². The lowest BCUT2D eigenvalue weighted by Gasteiger charge is -2.29. The number of allylic oxidation sites excluding steroid dienone is 3. The summed E-state index contributed by atoms with van der Waals surface area (Å²) in [5, 5.41) is 9.16. The van der Waals surface area contributed by atoms with Crippen LogP contribution in [0.15, 0.2) is 46.4 Å². The van der Waals surface area contributed by atoms with Crippen LogP contribution in [-0.2, 0) is 21.2 Å². The first-order valence-corrected chi connectivity index (χ1v) is 10.9. The molecule has 0 spiro atoms. The summed E-state index contributed by atoms with van der Waals surface area (Å²) in [5.74, 6) is -1.15. The first-order valence-electron chi connectivity index (χ1n) is 7.95. The van der Waals surface area contributed by atoms with Gasteiger partial charge in [0.15, 0.2) is 5.09 Å². The Balaban J connectivity index is 1.91. The standard InChI is InChI=1S/C16H17F3N2O4S2/c1-2-27(24,25)21-11-6-4-3-5-10(11)9-12(21)15(23)20-26-13(16(17,18)19)7-8-14(26)22/h3-8,12,22,26H,2,9H2,1H3,(H,20,23). The van der Waals surface area contributed by atoms with E-state index in [0.29, 0.717) is 17.3 Å². The van der Waals surface area contributed by atoms with Gasteiger partial charge in [-0.25, -0.2) is 8.42 Å². The lowest BCUT2D eigenvalue weighted by Crippen LogP contribution is -2.48. The number of rotatable bonds is 4. The highest BCUT2D eigenvalue weighted by atomic mass is 32.2. The maximum atomic E-state index is 13.1. The van der Waals surface area contributed by atoms with Gasteiger partial charge in [-0.05, 0) is 30.7 Å². The van der Waals surface area contributed by atoms with Gasteiger partial charge in [0.25, 0.3) is 5.91 Å². The highest BCUT2D eigenvalue weighted by Crippen LogP contribution is 2.51. The van der Waals surface area contributed by atoms with E-state index in [0.717, 1.165) is 10.4 Å². The summed E-state index contributed by atoms with van der Waals surface area (Å²) in [5.41, 5.74) is 0.949. The van der Waals surface area contributed by atoms with Crippen molar-refractivity contribution in [1.82, 2.24) is 4.72 Å². The number of hydrogen-bond donors (Lipinski definition) is 3. The van der Waals surface area contributed by atoms with Crippen LogP contribution < -0.4 is 9.03 Å². The second-order valence-corrected chi connectivity index (χ2v) is 9.90. The van der Waals surface area contributed by atoms with Gasteiger partial charge in [0, 0.05) is 6.42 Å². The molecule has 11 heteroatoms. The Labute approximate surface area is 156 Å². The number of thiol groups is 1. The number of alkyl halides is 3. The van der Waals surface area contributed by atoms with E-state index in [1.54, 1.807) is 24.3 Å². The van der Waals surface area contributed by atoms with Crippen molar-refractivity contribution in [1.29, 1.82) is 0 Å². The molecule has 0 aromatic heterocycles. The molecule has 0 fully saturated rings. The Morgan fingerprint density at radius 2 is 2.00 bits per heavy atom. The predicted octanol–water partition coefficient (Wildman–Crippen LogP) is 2.66. The highest BCUT2D eigenvalue weighted by Gasteiger charge is 2.45. The number of halogens is 3. The van der Waals surface area contributed by atoms with Crippen LogP contribution in [0, 0.1) is 0 Å². The van der Waals surface area contributed by atoms with Gasteiger partial charge in [-0.15, -0.1) is 0 Å². The minimum atomic E-state index is -4.71. The van der Waals surface area contributed by atoms with Crippen LogP contribution in [0.2, 0.25) is 0 Å². The number of fused-ring (bicyclic) bond motifs is 1.